The number of halogens is 2. The largest absolute Gasteiger partial charge is 0.494 e. The van der Waals surface area contributed by atoms with E-state index in [-0.39, 0.29) is 23.3 Å². The number of carbonyl (C=O) groups excluding carboxylic acids is 2. The number of hydrogen-bond acceptors (Lipinski definition) is 7. The molecule has 1 aliphatic rings. The molecule has 4 N–H and O–H groups in total. The van der Waals surface area contributed by atoms with Crippen molar-refractivity contribution in [3.8, 4) is 28.3 Å². The molecule has 0 spiro atoms. The molecule has 2 aromatic heterocycles. The quantitative estimate of drug-likeness (QED) is 0.270. The minimum Gasteiger partial charge on any atom is -0.494 e. The molecule has 0 aliphatic carbocycles. The number of pyridine rings is 1. The van der Waals surface area contributed by atoms with E-state index < -0.39 is 29.2 Å². The Labute approximate surface area is 247 Å². The van der Waals surface area contributed by atoms with Crippen molar-refractivity contribution in [3.63, 3.8) is 0 Å². The number of amides is 2. The zero-order valence-electron chi connectivity index (χ0n) is 24.7. The van der Waals surface area contributed by atoms with Gasteiger partial charge >= 0.3 is 6.09 Å². The van der Waals surface area contributed by atoms with Gasteiger partial charge in [0.15, 0.2) is 0 Å². The average Bonchev–Trinajstić information content (AvgIpc) is 3.34. The zero-order valence-corrected chi connectivity index (χ0v) is 24.7. The third-order valence-corrected chi connectivity index (χ3v) is 7.14. The number of fused-ring (bicyclic) bond motifs is 1. The Bertz CT molecular complexity index is 1690. The number of benzene rings is 2. The first-order valence-corrected chi connectivity index (χ1v) is 13.9. The fourth-order valence-electron chi connectivity index (χ4n) is 5.39. The normalized spacial score (nSPS) is 14.2. The second-order valence-electron chi connectivity index (χ2n) is 11.6. The maximum Gasteiger partial charge on any atom is 0.407 e. The fraction of sp³-hybridized carbons (Fsp3) is 0.355. The fourth-order valence-corrected chi connectivity index (χ4v) is 5.39. The predicted octanol–water partition coefficient (Wildman–Crippen LogP) is 5.48. The van der Waals surface area contributed by atoms with Crippen molar-refractivity contribution in [1.29, 1.82) is 0 Å². The Morgan fingerprint density at radius 1 is 1.09 bits per heavy atom. The lowest BCUT2D eigenvalue weighted by molar-refractivity contribution is 0.0497. The molecule has 3 heterocycles. The van der Waals surface area contributed by atoms with E-state index in [1.807, 2.05) is 11.0 Å². The molecule has 2 aromatic carbocycles. The Morgan fingerprint density at radius 2 is 1.79 bits per heavy atom. The maximum atomic E-state index is 14.6. The minimum atomic E-state index is -0.793. The van der Waals surface area contributed by atoms with Gasteiger partial charge in [-0.2, -0.15) is 0 Å². The Hall–Kier alpha value is -4.74. The van der Waals surface area contributed by atoms with Gasteiger partial charge in [-0.15, -0.1) is 0 Å². The van der Waals surface area contributed by atoms with Crippen molar-refractivity contribution >= 4 is 28.7 Å². The van der Waals surface area contributed by atoms with E-state index in [1.165, 1.54) is 37.6 Å². The standard InChI is InChI=1S/C31H34F2N6O4/c1-16-10-17(12-18(32)11-16)21-15-35-26(28(34)40)24(29-37-22-13-19(33)14-23(42-5)25(22)38-29)27(21)39-8-6-20(7-9-39)36-30(41)43-31(2,3)4/h10-15,20H,6-9H2,1-5H3,(H2,34,40)(H,36,41)(H,37,38). The summed E-state index contributed by atoms with van der Waals surface area (Å²) in [5.41, 5.74) is 8.50. The highest BCUT2D eigenvalue weighted by Gasteiger charge is 2.31. The summed E-state index contributed by atoms with van der Waals surface area (Å²) in [4.78, 5) is 39.4. The summed E-state index contributed by atoms with van der Waals surface area (Å²) in [5, 5.41) is 2.93. The van der Waals surface area contributed by atoms with Gasteiger partial charge in [-0.05, 0) is 69.9 Å². The highest BCUT2D eigenvalue weighted by molar-refractivity contribution is 6.04. The van der Waals surface area contributed by atoms with E-state index in [0.29, 0.717) is 64.9 Å². The second kappa shape index (κ2) is 11.5. The van der Waals surface area contributed by atoms with Crippen molar-refractivity contribution in [2.75, 3.05) is 25.1 Å². The first-order valence-electron chi connectivity index (χ1n) is 13.9. The molecule has 1 saturated heterocycles. The second-order valence-corrected chi connectivity index (χ2v) is 11.6. The number of methoxy groups -OCH3 is 1. The molecule has 0 bridgehead atoms. The van der Waals surface area contributed by atoms with Crippen molar-refractivity contribution in [2.45, 2.75) is 52.2 Å². The number of imidazole rings is 1. The van der Waals surface area contributed by atoms with E-state index in [9.17, 15) is 18.4 Å². The van der Waals surface area contributed by atoms with Gasteiger partial charge in [-0.3, -0.25) is 4.79 Å². The van der Waals surface area contributed by atoms with E-state index >= 15 is 0 Å². The van der Waals surface area contributed by atoms with Crippen molar-refractivity contribution in [2.24, 2.45) is 5.73 Å². The zero-order chi connectivity index (χ0) is 31.1. The van der Waals surface area contributed by atoms with Crippen molar-refractivity contribution in [1.82, 2.24) is 20.3 Å². The number of carbonyl (C=O) groups is 2. The van der Waals surface area contributed by atoms with Crippen LogP contribution in [0.1, 0.15) is 49.7 Å². The van der Waals surface area contributed by atoms with Crippen LogP contribution in [0.2, 0.25) is 0 Å². The van der Waals surface area contributed by atoms with Crippen LogP contribution in [0.3, 0.4) is 0 Å². The predicted molar refractivity (Wildman–Crippen MR) is 159 cm³/mol. The van der Waals surface area contributed by atoms with Crippen molar-refractivity contribution < 1.29 is 27.8 Å². The Kier molecular flexibility index (Phi) is 7.96. The number of aryl methyl sites for hydroxylation is 1. The number of piperidine rings is 1. The molecule has 0 unspecified atom stereocenters. The first-order chi connectivity index (χ1) is 20.3. The highest BCUT2D eigenvalue weighted by Crippen LogP contribution is 2.42. The number of aromatic nitrogens is 3. The number of H-pyrrole nitrogens is 1. The Morgan fingerprint density at radius 3 is 2.42 bits per heavy atom. The lowest BCUT2D eigenvalue weighted by Gasteiger charge is -2.36. The van der Waals surface area contributed by atoms with E-state index in [1.54, 1.807) is 27.7 Å². The van der Waals surface area contributed by atoms with Gasteiger partial charge in [0.1, 0.15) is 40.0 Å². The van der Waals surface area contributed by atoms with Crippen LogP contribution in [0.5, 0.6) is 5.75 Å². The molecule has 1 aliphatic heterocycles. The molecule has 43 heavy (non-hydrogen) atoms. The molecular formula is C31H34F2N6O4. The topological polar surface area (TPSA) is 135 Å². The average molecular weight is 593 g/mol. The molecule has 4 aromatic rings. The molecule has 0 atom stereocenters. The van der Waals surface area contributed by atoms with Crippen LogP contribution in [0.15, 0.2) is 36.5 Å². The van der Waals surface area contributed by atoms with Crippen LogP contribution in [0, 0.1) is 18.6 Å². The van der Waals surface area contributed by atoms with Gasteiger partial charge in [0.25, 0.3) is 5.91 Å². The number of aromatic amines is 1. The molecule has 1 fully saturated rings. The van der Waals surface area contributed by atoms with Crippen LogP contribution >= 0.6 is 0 Å². The molecule has 0 radical (unpaired) electrons. The number of primary amides is 1. The van der Waals surface area contributed by atoms with E-state index in [2.05, 4.69) is 20.3 Å². The SMILES string of the molecule is COc1cc(F)cc2[nH]c(-c3c(C(N)=O)ncc(-c4cc(C)cc(F)c4)c3N3CCC(NC(=O)OC(C)(C)C)CC3)nc12. The van der Waals surface area contributed by atoms with Gasteiger partial charge < -0.3 is 30.4 Å². The number of nitrogens with zero attached hydrogens (tertiary/aromatic N) is 3. The monoisotopic (exact) mass is 592 g/mol. The molecule has 0 saturated carbocycles. The summed E-state index contributed by atoms with van der Waals surface area (Å²) in [7, 11) is 1.41. The smallest absolute Gasteiger partial charge is 0.407 e. The van der Waals surface area contributed by atoms with Crippen LogP contribution in [-0.4, -0.2) is 58.8 Å². The molecule has 2 amide bonds. The van der Waals surface area contributed by atoms with Gasteiger partial charge in [0.05, 0.1) is 23.9 Å². The number of alkyl carbamates (subject to hydrolysis) is 1. The lowest BCUT2D eigenvalue weighted by atomic mass is 9.95. The summed E-state index contributed by atoms with van der Waals surface area (Å²) in [6.45, 7) is 8.12. The van der Waals surface area contributed by atoms with Gasteiger partial charge in [0, 0.05) is 37.0 Å². The number of anilines is 1. The van der Waals surface area contributed by atoms with Crippen molar-refractivity contribution in [3.05, 3.63) is 59.4 Å². The molecule has 5 rings (SSSR count). The number of nitrogens with one attached hydrogen (secondary N) is 2. The summed E-state index contributed by atoms with van der Waals surface area (Å²) >= 11 is 0. The van der Waals surface area contributed by atoms with Crippen LogP contribution in [0.4, 0.5) is 19.3 Å². The maximum absolute atomic E-state index is 14.6. The lowest BCUT2D eigenvalue weighted by Crippen LogP contribution is -2.46. The Balaban J connectivity index is 1.65. The van der Waals surface area contributed by atoms with E-state index in [0.717, 1.165) is 0 Å². The summed E-state index contributed by atoms with van der Waals surface area (Å²) < 4.78 is 39.8. The third-order valence-electron chi connectivity index (χ3n) is 7.14. The van der Waals surface area contributed by atoms with Crippen LogP contribution < -0.4 is 20.7 Å². The van der Waals surface area contributed by atoms with Crippen LogP contribution in [-0.2, 0) is 4.74 Å². The summed E-state index contributed by atoms with van der Waals surface area (Å²) in [6, 6.07) is 6.99. The summed E-state index contributed by atoms with van der Waals surface area (Å²) in [6.07, 6.45) is 2.13. The number of nitrogens with two attached hydrogens (primary N) is 1. The van der Waals surface area contributed by atoms with Crippen LogP contribution in [0.25, 0.3) is 33.5 Å². The van der Waals surface area contributed by atoms with Gasteiger partial charge in [-0.25, -0.2) is 23.5 Å². The third kappa shape index (κ3) is 6.37. The minimum absolute atomic E-state index is 0.0561. The first kappa shape index (κ1) is 29.7. The molecule has 10 nitrogen and oxygen atoms in total. The number of ether oxygens (including phenoxy) is 2. The molecule has 226 valence electrons. The van der Waals surface area contributed by atoms with Gasteiger partial charge in [-0.1, -0.05) is 6.07 Å². The summed E-state index contributed by atoms with van der Waals surface area (Å²) in [5.74, 6) is -1.32. The highest BCUT2D eigenvalue weighted by atomic mass is 19.1. The number of rotatable bonds is 6. The van der Waals surface area contributed by atoms with Gasteiger partial charge in [0.2, 0.25) is 0 Å². The van der Waals surface area contributed by atoms with E-state index in [4.69, 9.17) is 15.2 Å². The molecule has 12 heteroatoms. The number of hydrogen-bond donors (Lipinski definition) is 3. The molecular weight excluding hydrogens is 558 g/mol.